The van der Waals surface area contributed by atoms with Gasteiger partial charge < -0.3 is 19.7 Å². The molecule has 0 saturated carbocycles. The minimum atomic E-state index is -0.0774. The Morgan fingerprint density at radius 3 is 2.65 bits per heavy atom. The average molecular weight is 375 g/mol. The number of ether oxygens (including phenoxy) is 2. The summed E-state index contributed by atoms with van der Waals surface area (Å²) in [6.07, 6.45) is 0.229. The second kappa shape index (κ2) is 8.43. The van der Waals surface area contributed by atoms with Crippen molar-refractivity contribution in [1.29, 1.82) is 0 Å². The molecule has 3 rings (SSSR count). The maximum absolute atomic E-state index is 12.6. The number of benzene rings is 2. The minimum absolute atomic E-state index is 0.0616. The van der Waals surface area contributed by atoms with Gasteiger partial charge in [0.2, 0.25) is 5.91 Å². The molecule has 2 aromatic carbocycles. The molecule has 0 bridgehead atoms. The highest BCUT2D eigenvalue weighted by atomic mass is 35.5. The normalized spacial score (nSPS) is 14.2. The molecule has 5 nitrogen and oxygen atoms in total. The van der Waals surface area contributed by atoms with Crippen molar-refractivity contribution in [1.82, 2.24) is 10.2 Å². The zero-order chi connectivity index (χ0) is 18.5. The van der Waals surface area contributed by atoms with Crippen molar-refractivity contribution in [3.05, 3.63) is 58.6 Å². The van der Waals surface area contributed by atoms with Crippen LogP contribution in [0.15, 0.2) is 42.5 Å². The first-order chi connectivity index (χ1) is 12.5. The molecule has 1 atom stereocenters. The van der Waals surface area contributed by atoms with E-state index in [-0.39, 0.29) is 18.4 Å². The summed E-state index contributed by atoms with van der Waals surface area (Å²) in [6.45, 7) is 1.69. The number of rotatable bonds is 6. The van der Waals surface area contributed by atoms with Gasteiger partial charge in [-0.1, -0.05) is 41.9 Å². The summed E-state index contributed by atoms with van der Waals surface area (Å²) in [5.41, 5.74) is 1.88. The molecule has 0 fully saturated rings. The van der Waals surface area contributed by atoms with Gasteiger partial charge in [0.15, 0.2) is 11.5 Å². The summed E-state index contributed by atoms with van der Waals surface area (Å²) in [5, 5.41) is 3.59. The molecule has 0 aliphatic carbocycles. The van der Waals surface area contributed by atoms with Crippen molar-refractivity contribution < 1.29 is 14.3 Å². The quantitative estimate of drug-likeness (QED) is 0.844. The third-order valence-electron chi connectivity index (χ3n) is 4.11. The van der Waals surface area contributed by atoms with E-state index in [2.05, 4.69) is 10.2 Å². The third kappa shape index (κ3) is 4.68. The fourth-order valence-corrected chi connectivity index (χ4v) is 3.27. The van der Waals surface area contributed by atoms with Crippen LogP contribution in [0.3, 0.4) is 0 Å². The molecule has 138 valence electrons. The lowest BCUT2D eigenvalue weighted by Crippen LogP contribution is -2.36. The molecule has 1 amide bonds. The number of carbonyl (C=O) groups excluding carboxylic acids is 1. The van der Waals surface area contributed by atoms with Crippen molar-refractivity contribution in [2.45, 2.75) is 12.5 Å². The van der Waals surface area contributed by atoms with Crippen molar-refractivity contribution in [3.8, 4) is 11.5 Å². The van der Waals surface area contributed by atoms with E-state index in [0.717, 1.165) is 17.7 Å². The first kappa shape index (κ1) is 18.5. The van der Waals surface area contributed by atoms with Crippen LogP contribution in [0, 0.1) is 0 Å². The third-order valence-corrected chi connectivity index (χ3v) is 4.39. The summed E-state index contributed by atoms with van der Waals surface area (Å²) < 4.78 is 11.1. The van der Waals surface area contributed by atoms with E-state index in [0.29, 0.717) is 29.7 Å². The number of hydrogen-bond acceptors (Lipinski definition) is 4. The smallest absolute Gasteiger partial charge is 0.224 e. The summed E-state index contributed by atoms with van der Waals surface area (Å²) in [4.78, 5) is 14.7. The first-order valence-corrected chi connectivity index (χ1v) is 8.98. The zero-order valence-corrected chi connectivity index (χ0v) is 15.8. The first-order valence-electron chi connectivity index (χ1n) is 8.60. The van der Waals surface area contributed by atoms with Gasteiger partial charge in [0.05, 0.1) is 17.5 Å². The fourth-order valence-electron chi connectivity index (χ4n) is 2.98. The van der Waals surface area contributed by atoms with Crippen LogP contribution in [0.5, 0.6) is 11.5 Å². The van der Waals surface area contributed by atoms with E-state index >= 15 is 0 Å². The van der Waals surface area contributed by atoms with Crippen molar-refractivity contribution >= 4 is 17.5 Å². The predicted molar refractivity (Wildman–Crippen MR) is 102 cm³/mol. The topological polar surface area (TPSA) is 50.8 Å². The lowest BCUT2D eigenvalue weighted by Gasteiger charge is -2.23. The van der Waals surface area contributed by atoms with Gasteiger partial charge >= 0.3 is 0 Å². The van der Waals surface area contributed by atoms with Gasteiger partial charge in [-0.3, -0.25) is 4.79 Å². The highest BCUT2D eigenvalue weighted by Crippen LogP contribution is 2.38. The average Bonchev–Trinajstić information content (AvgIpc) is 2.61. The van der Waals surface area contributed by atoms with E-state index in [1.807, 2.05) is 50.5 Å². The van der Waals surface area contributed by atoms with E-state index < -0.39 is 0 Å². The van der Waals surface area contributed by atoms with Crippen LogP contribution >= 0.6 is 11.6 Å². The van der Waals surface area contributed by atoms with Gasteiger partial charge in [0, 0.05) is 6.54 Å². The standard InChI is InChI=1S/C20H23ClN2O3/c1-23(2)13-17(15-6-4-3-5-7-15)22-19(24)12-14-10-16(21)20-18(11-14)25-8-9-26-20/h3-7,10-11,17H,8-9,12-13H2,1-2H3,(H,22,24). The van der Waals surface area contributed by atoms with Crippen LogP contribution in [-0.4, -0.2) is 44.7 Å². The SMILES string of the molecule is CN(C)CC(NC(=O)Cc1cc(Cl)c2c(c1)OCCO2)c1ccccc1. The lowest BCUT2D eigenvalue weighted by molar-refractivity contribution is -0.121. The van der Waals surface area contributed by atoms with Gasteiger partial charge in [0.1, 0.15) is 13.2 Å². The summed E-state index contributed by atoms with van der Waals surface area (Å²) in [5.74, 6) is 1.09. The molecule has 1 unspecified atom stereocenters. The number of hydrogen-bond donors (Lipinski definition) is 1. The van der Waals surface area contributed by atoms with Crippen molar-refractivity contribution in [2.75, 3.05) is 33.9 Å². The van der Waals surface area contributed by atoms with Gasteiger partial charge in [-0.15, -0.1) is 0 Å². The zero-order valence-electron chi connectivity index (χ0n) is 15.0. The molecule has 1 heterocycles. The number of likely N-dealkylation sites (N-methyl/N-ethyl adjacent to an activating group) is 1. The molecule has 6 heteroatoms. The highest BCUT2D eigenvalue weighted by molar-refractivity contribution is 6.32. The summed E-state index contributed by atoms with van der Waals surface area (Å²) in [7, 11) is 3.98. The van der Waals surface area contributed by atoms with Gasteiger partial charge in [-0.25, -0.2) is 0 Å². The molecular formula is C20H23ClN2O3. The van der Waals surface area contributed by atoms with Crippen molar-refractivity contribution in [2.24, 2.45) is 0 Å². The van der Waals surface area contributed by atoms with Crippen LogP contribution in [0.25, 0.3) is 0 Å². The van der Waals surface area contributed by atoms with E-state index in [1.165, 1.54) is 0 Å². The van der Waals surface area contributed by atoms with E-state index in [4.69, 9.17) is 21.1 Å². The van der Waals surface area contributed by atoms with Gasteiger partial charge in [-0.2, -0.15) is 0 Å². The monoisotopic (exact) mass is 374 g/mol. The molecule has 0 spiro atoms. The molecule has 26 heavy (non-hydrogen) atoms. The Morgan fingerprint density at radius 1 is 1.19 bits per heavy atom. The Morgan fingerprint density at radius 2 is 1.92 bits per heavy atom. The fraction of sp³-hybridized carbons (Fsp3) is 0.350. The second-order valence-corrected chi connectivity index (χ2v) is 6.98. The summed E-state index contributed by atoms with van der Waals surface area (Å²) >= 11 is 6.26. The Hall–Kier alpha value is -2.24. The number of nitrogens with one attached hydrogen (secondary N) is 1. The molecule has 0 radical (unpaired) electrons. The summed E-state index contributed by atoms with van der Waals surface area (Å²) in [6, 6.07) is 13.5. The van der Waals surface area contributed by atoms with E-state index in [1.54, 1.807) is 6.07 Å². The maximum Gasteiger partial charge on any atom is 0.224 e. The Bertz CT molecular complexity index is 765. The van der Waals surface area contributed by atoms with Crippen LogP contribution in [-0.2, 0) is 11.2 Å². The molecule has 0 saturated heterocycles. The van der Waals surface area contributed by atoms with Crippen LogP contribution < -0.4 is 14.8 Å². The van der Waals surface area contributed by atoms with E-state index in [9.17, 15) is 4.79 Å². The Balaban J connectivity index is 1.71. The maximum atomic E-state index is 12.6. The highest BCUT2D eigenvalue weighted by Gasteiger charge is 2.19. The predicted octanol–water partition coefficient (Wildman–Crippen LogP) is 3.07. The molecule has 1 aliphatic rings. The second-order valence-electron chi connectivity index (χ2n) is 6.57. The largest absolute Gasteiger partial charge is 0.486 e. The van der Waals surface area contributed by atoms with Gasteiger partial charge in [-0.05, 0) is 37.4 Å². The molecule has 2 aromatic rings. The van der Waals surface area contributed by atoms with Crippen LogP contribution in [0.4, 0.5) is 0 Å². The number of amides is 1. The molecule has 1 aliphatic heterocycles. The number of halogens is 1. The molecular weight excluding hydrogens is 352 g/mol. The van der Waals surface area contributed by atoms with Crippen LogP contribution in [0.2, 0.25) is 5.02 Å². The number of carbonyl (C=O) groups is 1. The lowest BCUT2D eigenvalue weighted by atomic mass is 10.1. The van der Waals surface area contributed by atoms with Crippen LogP contribution in [0.1, 0.15) is 17.2 Å². The molecule has 0 aromatic heterocycles. The molecule has 1 N–H and O–H groups in total. The Kier molecular flexibility index (Phi) is 6.01. The number of fused-ring (bicyclic) bond motifs is 1. The van der Waals surface area contributed by atoms with Crippen molar-refractivity contribution in [3.63, 3.8) is 0 Å². The minimum Gasteiger partial charge on any atom is -0.486 e. The Labute approximate surface area is 158 Å². The number of nitrogens with zero attached hydrogens (tertiary/aromatic N) is 1. The van der Waals surface area contributed by atoms with Gasteiger partial charge in [0.25, 0.3) is 0 Å².